The SMILES string of the molecule is CN(Cc1ccccn1)Cc1nc2ccccc2c(=O)[nH]1. The fourth-order valence-corrected chi connectivity index (χ4v) is 2.29. The Morgan fingerprint density at radius 3 is 2.71 bits per heavy atom. The summed E-state index contributed by atoms with van der Waals surface area (Å²) >= 11 is 0. The van der Waals surface area contributed by atoms with E-state index in [2.05, 4.69) is 19.9 Å². The van der Waals surface area contributed by atoms with Crippen LogP contribution in [0.1, 0.15) is 11.5 Å². The number of nitrogens with zero attached hydrogens (tertiary/aromatic N) is 3. The predicted molar refractivity (Wildman–Crippen MR) is 81.8 cm³/mol. The smallest absolute Gasteiger partial charge is 0.258 e. The molecule has 0 aliphatic rings. The Hall–Kier alpha value is -2.53. The molecule has 1 N–H and O–H groups in total. The fourth-order valence-electron chi connectivity index (χ4n) is 2.29. The first-order valence-electron chi connectivity index (χ1n) is 6.79. The third-order valence-electron chi connectivity index (χ3n) is 3.24. The predicted octanol–water partition coefficient (Wildman–Crippen LogP) is 1.95. The number of hydrogen-bond acceptors (Lipinski definition) is 4. The third kappa shape index (κ3) is 3.14. The zero-order valence-corrected chi connectivity index (χ0v) is 11.8. The van der Waals surface area contributed by atoms with Gasteiger partial charge in [-0.05, 0) is 31.3 Å². The van der Waals surface area contributed by atoms with E-state index in [1.165, 1.54) is 0 Å². The van der Waals surface area contributed by atoms with Gasteiger partial charge in [-0.1, -0.05) is 18.2 Å². The molecule has 0 aliphatic carbocycles. The van der Waals surface area contributed by atoms with E-state index in [1.54, 1.807) is 12.3 Å². The molecule has 0 saturated carbocycles. The Balaban J connectivity index is 1.80. The highest BCUT2D eigenvalue weighted by molar-refractivity contribution is 5.77. The summed E-state index contributed by atoms with van der Waals surface area (Å²) in [6.07, 6.45) is 1.78. The summed E-state index contributed by atoms with van der Waals surface area (Å²) in [6, 6.07) is 13.2. The highest BCUT2D eigenvalue weighted by Crippen LogP contribution is 2.07. The van der Waals surface area contributed by atoms with E-state index in [-0.39, 0.29) is 5.56 Å². The van der Waals surface area contributed by atoms with Crippen LogP contribution in [0.15, 0.2) is 53.5 Å². The van der Waals surface area contributed by atoms with Crippen LogP contribution in [0.2, 0.25) is 0 Å². The normalized spacial score (nSPS) is 11.1. The van der Waals surface area contributed by atoms with Gasteiger partial charge >= 0.3 is 0 Å². The zero-order chi connectivity index (χ0) is 14.7. The number of aromatic nitrogens is 3. The van der Waals surface area contributed by atoms with Crippen molar-refractivity contribution in [2.75, 3.05) is 7.05 Å². The van der Waals surface area contributed by atoms with Crippen molar-refractivity contribution in [3.8, 4) is 0 Å². The molecular weight excluding hydrogens is 264 g/mol. The molecule has 3 rings (SSSR count). The molecule has 21 heavy (non-hydrogen) atoms. The van der Waals surface area contributed by atoms with Gasteiger partial charge in [-0.2, -0.15) is 0 Å². The molecule has 0 saturated heterocycles. The summed E-state index contributed by atoms with van der Waals surface area (Å²) in [7, 11) is 1.98. The Morgan fingerprint density at radius 2 is 1.90 bits per heavy atom. The van der Waals surface area contributed by atoms with Gasteiger partial charge in [-0.15, -0.1) is 0 Å². The molecule has 3 aromatic rings. The first-order valence-corrected chi connectivity index (χ1v) is 6.79. The Bertz CT molecular complexity index is 798. The number of pyridine rings is 1. The van der Waals surface area contributed by atoms with Crippen molar-refractivity contribution in [1.29, 1.82) is 0 Å². The molecule has 2 heterocycles. The van der Waals surface area contributed by atoms with E-state index in [1.807, 2.05) is 43.4 Å². The van der Waals surface area contributed by atoms with Gasteiger partial charge in [-0.3, -0.25) is 14.7 Å². The largest absolute Gasteiger partial charge is 0.309 e. The highest BCUT2D eigenvalue weighted by atomic mass is 16.1. The lowest BCUT2D eigenvalue weighted by Gasteiger charge is -2.15. The summed E-state index contributed by atoms with van der Waals surface area (Å²) in [5, 5.41) is 0.619. The first kappa shape index (κ1) is 13.5. The minimum absolute atomic E-state index is 0.0955. The number of para-hydroxylation sites is 1. The van der Waals surface area contributed by atoms with Gasteiger partial charge < -0.3 is 4.98 Å². The van der Waals surface area contributed by atoms with Crippen molar-refractivity contribution < 1.29 is 0 Å². The molecule has 0 amide bonds. The quantitative estimate of drug-likeness (QED) is 0.793. The van der Waals surface area contributed by atoms with E-state index < -0.39 is 0 Å². The standard InChI is InChI=1S/C16H16N4O/c1-20(10-12-6-4-5-9-17-12)11-15-18-14-8-3-2-7-13(14)16(21)19-15/h2-9H,10-11H2,1H3,(H,18,19,21). The molecule has 0 unspecified atom stereocenters. The lowest BCUT2D eigenvalue weighted by Crippen LogP contribution is -2.22. The van der Waals surface area contributed by atoms with Gasteiger partial charge in [-0.25, -0.2) is 4.98 Å². The van der Waals surface area contributed by atoms with E-state index in [4.69, 9.17) is 0 Å². The van der Waals surface area contributed by atoms with E-state index in [0.29, 0.717) is 24.3 Å². The second kappa shape index (κ2) is 5.85. The van der Waals surface area contributed by atoms with Gasteiger partial charge in [0.15, 0.2) is 0 Å². The maximum Gasteiger partial charge on any atom is 0.258 e. The van der Waals surface area contributed by atoms with Gasteiger partial charge in [0.05, 0.1) is 23.1 Å². The van der Waals surface area contributed by atoms with Crippen LogP contribution in [0.25, 0.3) is 10.9 Å². The number of nitrogens with one attached hydrogen (secondary N) is 1. The van der Waals surface area contributed by atoms with Crippen molar-refractivity contribution >= 4 is 10.9 Å². The van der Waals surface area contributed by atoms with Crippen LogP contribution in [0.3, 0.4) is 0 Å². The Labute approximate surface area is 122 Å². The number of fused-ring (bicyclic) bond motifs is 1. The van der Waals surface area contributed by atoms with Crippen LogP contribution < -0.4 is 5.56 Å². The third-order valence-corrected chi connectivity index (χ3v) is 3.24. The van der Waals surface area contributed by atoms with Gasteiger partial charge in [0.1, 0.15) is 5.82 Å². The van der Waals surface area contributed by atoms with Gasteiger partial charge in [0.2, 0.25) is 0 Å². The topological polar surface area (TPSA) is 61.9 Å². The summed E-state index contributed by atoms with van der Waals surface area (Å²) < 4.78 is 0. The molecule has 0 bridgehead atoms. The molecule has 5 heteroatoms. The number of benzene rings is 1. The van der Waals surface area contributed by atoms with Crippen LogP contribution in [0.4, 0.5) is 0 Å². The van der Waals surface area contributed by atoms with Crippen molar-refractivity contribution in [3.63, 3.8) is 0 Å². The minimum Gasteiger partial charge on any atom is -0.309 e. The number of rotatable bonds is 4. The molecule has 0 spiro atoms. The lowest BCUT2D eigenvalue weighted by atomic mass is 10.2. The average molecular weight is 280 g/mol. The van der Waals surface area contributed by atoms with Crippen molar-refractivity contribution in [2.24, 2.45) is 0 Å². The van der Waals surface area contributed by atoms with E-state index in [9.17, 15) is 4.79 Å². The van der Waals surface area contributed by atoms with Crippen LogP contribution in [-0.4, -0.2) is 26.9 Å². The van der Waals surface area contributed by atoms with Crippen LogP contribution in [0, 0.1) is 0 Å². The number of hydrogen-bond donors (Lipinski definition) is 1. The molecule has 1 aromatic carbocycles. The molecule has 0 fully saturated rings. The minimum atomic E-state index is -0.0955. The van der Waals surface area contributed by atoms with Crippen LogP contribution in [-0.2, 0) is 13.1 Å². The lowest BCUT2D eigenvalue weighted by molar-refractivity contribution is 0.307. The summed E-state index contributed by atoms with van der Waals surface area (Å²) in [6.45, 7) is 1.27. The van der Waals surface area contributed by atoms with E-state index >= 15 is 0 Å². The summed E-state index contributed by atoms with van der Waals surface area (Å²) in [4.78, 5) is 25.7. The monoisotopic (exact) mass is 280 g/mol. The number of H-pyrrole nitrogens is 1. The molecule has 0 atom stereocenters. The van der Waals surface area contributed by atoms with Crippen molar-refractivity contribution in [1.82, 2.24) is 19.9 Å². The molecular formula is C16H16N4O. The van der Waals surface area contributed by atoms with Crippen molar-refractivity contribution in [2.45, 2.75) is 13.1 Å². The first-order chi connectivity index (χ1) is 10.2. The zero-order valence-electron chi connectivity index (χ0n) is 11.8. The molecule has 5 nitrogen and oxygen atoms in total. The molecule has 0 aliphatic heterocycles. The fraction of sp³-hybridized carbons (Fsp3) is 0.188. The van der Waals surface area contributed by atoms with Crippen LogP contribution >= 0.6 is 0 Å². The van der Waals surface area contributed by atoms with Gasteiger partial charge in [0, 0.05) is 12.7 Å². The molecule has 2 aromatic heterocycles. The Kier molecular flexibility index (Phi) is 3.75. The van der Waals surface area contributed by atoms with Crippen molar-refractivity contribution in [3.05, 3.63) is 70.5 Å². The highest BCUT2D eigenvalue weighted by Gasteiger charge is 2.07. The Morgan fingerprint density at radius 1 is 1.10 bits per heavy atom. The van der Waals surface area contributed by atoms with Crippen LogP contribution in [0.5, 0.6) is 0 Å². The number of aromatic amines is 1. The summed E-state index contributed by atoms with van der Waals surface area (Å²) in [5.74, 6) is 0.664. The van der Waals surface area contributed by atoms with Gasteiger partial charge in [0.25, 0.3) is 5.56 Å². The molecule has 106 valence electrons. The maximum absolute atomic E-state index is 12.0. The molecule has 0 radical (unpaired) electrons. The second-order valence-corrected chi connectivity index (χ2v) is 5.02. The average Bonchev–Trinajstić information content (AvgIpc) is 2.48. The maximum atomic E-state index is 12.0. The summed E-state index contributed by atoms with van der Waals surface area (Å²) in [5.41, 5.74) is 1.62. The second-order valence-electron chi connectivity index (χ2n) is 5.02. The van der Waals surface area contributed by atoms with E-state index in [0.717, 1.165) is 11.2 Å².